The lowest BCUT2D eigenvalue weighted by atomic mass is 10.6. The van der Waals surface area contributed by atoms with Gasteiger partial charge in [0.25, 0.3) is 5.56 Å². The van der Waals surface area contributed by atoms with Crippen LogP contribution in [0.25, 0.3) is 0 Å². The molecule has 0 aliphatic rings. The molecule has 4 heteroatoms. The van der Waals surface area contributed by atoms with E-state index in [1.54, 1.807) is 6.92 Å². The van der Waals surface area contributed by atoms with Crippen molar-refractivity contribution < 1.29 is 4.52 Å². The standard InChI is InChI=1S/C5H8N2O2/c1-4(6)7-5(8)2-3-9-7/h2-4H,6H2,1H3. The summed E-state index contributed by atoms with van der Waals surface area (Å²) in [6, 6.07) is 1.32. The van der Waals surface area contributed by atoms with Gasteiger partial charge in [0.1, 0.15) is 12.4 Å². The summed E-state index contributed by atoms with van der Waals surface area (Å²) in [5, 5.41) is 0. The summed E-state index contributed by atoms with van der Waals surface area (Å²) in [6.07, 6.45) is 0.929. The zero-order valence-electron chi connectivity index (χ0n) is 5.07. The molecule has 0 bridgehead atoms. The smallest absolute Gasteiger partial charge is 0.283 e. The van der Waals surface area contributed by atoms with Crippen LogP contribution in [0.4, 0.5) is 0 Å². The third kappa shape index (κ3) is 1.02. The SMILES string of the molecule is CC(N)n1occc1=O. The molecule has 1 heterocycles. The third-order valence-corrected chi connectivity index (χ3v) is 0.972. The van der Waals surface area contributed by atoms with Crippen molar-refractivity contribution in [3.05, 3.63) is 22.7 Å². The van der Waals surface area contributed by atoms with Crippen LogP contribution < -0.4 is 11.3 Å². The molecule has 0 aliphatic carbocycles. The lowest BCUT2D eigenvalue weighted by molar-refractivity contribution is 0.224. The first-order chi connectivity index (χ1) is 4.22. The summed E-state index contributed by atoms with van der Waals surface area (Å²) in [6.45, 7) is 1.67. The monoisotopic (exact) mass is 128 g/mol. The van der Waals surface area contributed by atoms with Gasteiger partial charge in [0, 0.05) is 6.07 Å². The molecule has 2 N–H and O–H groups in total. The van der Waals surface area contributed by atoms with Gasteiger partial charge in [-0.05, 0) is 6.92 Å². The fourth-order valence-corrected chi connectivity index (χ4v) is 0.576. The van der Waals surface area contributed by atoms with Gasteiger partial charge >= 0.3 is 0 Å². The van der Waals surface area contributed by atoms with E-state index in [1.165, 1.54) is 12.3 Å². The van der Waals surface area contributed by atoms with E-state index in [0.717, 1.165) is 4.74 Å². The summed E-state index contributed by atoms with van der Waals surface area (Å²) in [5.74, 6) is 0. The second kappa shape index (κ2) is 2.06. The molecule has 1 aromatic heterocycles. The Morgan fingerprint density at radius 2 is 2.56 bits per heavy atom. The van der Waals surface area contributed by atoms with E-state index >= 15 is 0 Å². The highest BCUT2D eigenvalue weighted by Crippen LogP contribution is 1.89. The maximum Gasteiger partial charge on any atom is 0.283 e. The average Bonchev–Trinajstić information content (AvgIpc) is 2.13. The van der Waals surface area contributed by atoms with Crippen molar-refractivity contribution in [1.29, 1.82) is 0 Å². The molecule has 50 valence electrons. The minimum atomic E-state index is -0.382. The maximum absolute atomic E-state index is 10.6. The fraction of sp³-hybridized carbons (Fsp3) is 0.400. The minimum Gasteiger partial charge on any atom is -0.383 e. The van der Waals surface area contributed by atoms with Crippen molar-refractivity contribution in [3.63, 3.8) is 0 Å². The number of nitrogens with zero attached hydrogens (tertiary/aromatic N) is 1. The van der Waals surface area contributed by atoms with Crippen molar-refractivity contribution in [1.82, 2.24) is 4.74 Å². The molecular weight excluding hydrogens is 120 g/mol. The molecule has 1 rings (SSSR count). The van der Waals surface area contributed by atoms with Gasteiger partial charge in [0.2, 0.25) is 0 Å². The first-order valence-electron chi connectivity index (χ1n) is 2.64. The molecule has 0 amide bonds. The lowest BCUT2D eigenvalue weighted by Gasteiger charge is -2.00. The molecule has 0 radical (unpaired) electrons. The van der Waals surface area contributed by atoms with E-state index in [1.807, 2.05) is 0 Å². The molecule has 0 saturated heterocycles. The van der Waals surface area contributed by atoms with Gasteiger partial charge in [-0.1, -0.05) is 0 Å². The van der Waals surface area contributed by atoms with Crippen LogP contribution in [-0.2, 0) is 0 Å². The van der Waals surface area contributed by atoms with Crippen LogP contribution in [0.2, 0.25) is 0 Å². The van der Waals surface area contributed by atoms with Crippen molar-refractivity contribution in [3.8, 4) is 0 Å². The van der Waals surface area contributed by atoms with Crippen LogP contribution in [0.1, 0.15) is 13.1 Å². The van der Waals surface area contributed by atoms with E-state index < -0.39 is 0 Å². The van der Waals surface area contributed by atoms with Crippen molar-refractivity contribution in [2.45, 2.75) is 13.1 Å². The van der Waals surface area contributed by atoms with Crippen LogP contribution in [0.3, 0.4) is 0 Å². The maximum atomic E-state index is 10.6. The van der Waals surface area contributed by atoms with Crippen LogP contribution >= 0.6 is 0 Å². The van der Waals surface area contributed by atoms with Crippen LogP contribution in [0.5, 0.6) is 0 Å². The van der Waals surface area contributed by atoms with Gasteiger partial charge < -0.3 is 10.3 Å². The molecule has 0 fully saturated rings. The molecular formula is C5H8N2O2. The largest absolute Gasteiger partial charge is 0.383 e. The Morgan fingerprint density at radius 3 is 2.78 bits per heavy atom. The number of hydrogen-bond donors (Lipinski definition) is 1. The lowest BCUT2D eigenvalue weighted by Crippen LogP contribution is -2.23. The summed E-state index contributed by atoms with van der Waals surface area (Å²) in [4.78, 5) is 10.6. The van der Waals surface area contributed by atoms with Gasteiger partial charge in [-0.2, -0.15) is 4.74 Å². The topological polar surface area (TPSA) is 61.2 Å². The summed E-state index contributed by atoms with van der Waals surface area (Å²) in [5.41, 5.74) is 5.12. The van der Waals surface area contributed by atoms with E-state index in [-0.39, 0.29) is 11.7 Å². The molecule has 0 saturated carbocycles. The van der Waals surface area contributed by atoms with Crippen molar-refractivity contribution in [2.24, 2.45) is 5.73 Å². The van der Waals surface area contributed by atoms with Crippen LogP contribution in [0.15, 0.2) is 21.6 Å². The average molecular weight is 128 g/mol. The van der Waals surface area contributed by atoms with Crippen LogP contribution in [-0.4, -0.2) is 4.74 Å². The molecule has 1 atom stereocenters. The van der Waals surface area contributed by atoms with Gasteiger partial charge in [-0.3, -0.25) is 4.79 Å². The molecule has 9 heavy (non-hydrogen) atoms. The van der Waals surface area contributed by atoms with Crippen molar-refractivity contribution in [2.75, 3.05) is 0 Å². The normalized spacial score (nSPS) is 13.6. The number of aromatic nitrogens is 1. The van der Waals surface area contributed by atoms with Gasteiger partial charge in [0.05, 0.1) is 0 Å². The number of nitrogens with two attached hydrogens (primary N) is 1. The molecule has 0 aromatic carbocycles. The Morgan fingerprint density at radius 1 is 1.89 bits per heavy atom. The Bertz CT molecular complexity index is 235. The first-order valence-corrected chi connectivity index (χ1v) is 2.64. The fourth-order valence-electron chi connectivity index (χ4n) is 0.576. The Kier molecular flexibility index (Phi) is 1.40. The summed E-state index contributed by atoms with van der Waals surface area (Å²) in [7, 11) is 0. The van der Waals surface area contributed by atoms with Gasteiger partial charge in [-0.25, -0.2) is 0 Å². The second-order valence-corrected chi connectivity index (χ2v) is 1.81. The van der Waals surface area contributed by atoms with Gasteiger partial charge in [-0.15, -0.1) is 0 Å². The zero-order valence-corrected chi connectivity index (χ0v) is 5.07. The predicted molar refractivity (Wildman–Crippen MR) is 31.9 cm³/mol. The molecule has 1 unspecified atom stereocenters. The first kappa shape index (κ1) is 6.10. The molecule has 1 aromatic rings. The Hall–Kier alpha value is -1.03. The zero-order chi connectivity index (χ0) is 6.85. The van der Waals surface area contributed by atoms with E-state index in [2.05, 4.69) is 0 Å². The second-order valence-electron chi connectivity index (χ2n) is 1.81. The molecule has 0 aliphatic heterocycles. The summed E-state index contributed by atoms with van der Waals surface area (Å²) < 4.78 is 5.80. The quantitative estimate of drug-likeness (QED) is 0.575. The van der Waals surface area contributed by atoms with Crippen molar-refractivity contribution >= 4 is 0 Å². The van der Waals surface area contributed by atoms with E-state index in [4.69, 9.17) is 10.3 Å². The molecule has 4 nitrogen and oxygen atoms in total. The summed E-state index contributed by atoms with van der Waals surface area (Å²) >= 11 is 0. The highest BCUT2D eigenvalue weighted by molar-refractivity contribution is 4.76. The van der Waals surface area contributed by atoms with Gasteiger partial charge in [0.15, 0.2) is 0 Å². The van der Waals surface area contributed by atoms with E-state index in [9.17, 15) is 4.79 Å². The minimum absolute atomic E-state index is 0.204. The third-order valence-electron chi connectivity index (χ3n) is 0.972. The number of hydrogen-bond acceptors (Lipinski definition) is 3. The Balaban J connectivity index is 3.08. The number of rotatable bonds is 1. The Labute approximate surface area is 51.8 Å². The predicted octanol–water partition coefficient (Wildman–Crippen LogP) is -0.0815. The highest BCUT2D eigenvalue weighted by atomic mass is 16.5. The van der Waals surface area contributed by atoms with E-state index in [0.29, 0.717) is 0 Å². The molecule has 0 spiro atoms. The highest BCUT2D eigenvalue weighted by Gasteiger charge is 2.00. The van der Waals surface area contributed by atoms with Crippen LogP contribution in [0, 0.1) is 0 Å².